The van der Waals surface area contributed by atoms with Gasteiger partial charge >= 0.3 is 0 Å². The van der Waals surface area contributed by atoms with Crippen molar-refractivity contribution in [3.63, 3.8) is 0 Å². The first-order chi connectivity index (χ1) is 10.1. The molecule has 0 saturated carbocycles. The summed E-state index contributed by atoms with van der Waals surface area (Å²) in [5.74, 6) is -0.336. The predicted molar refractivity (Wildman–Crippen MR) is 85.1 cm³/mol. The van der Waals surface area contributed by atoms with Crippen LogP contribution in [0, 0.1) is 5.82 Å². The lowest BCUT2D eigenvalue weighted by atomic mass is 10.1. The van der Waals surface area contributed by atoms with Crippen LogP contribution in [0.3, 0.4) is 0 Å². The van der Waals surface area contributed by atoms with Crippen molar-refractivity contribution < 1.29 is 9.13 Å². The van der Waals surface area contributed by atoms with Crippen molar-refractivity contribution in [2.45, 2.75) is 25.0 Å². The summed E-state index contributed by atoms with van der Waals surface area (Å²) in [5.41, 5.74) is 6.95. The molecule has 0 aromatic heterocycles. The molecule has 2 atom stereocenters. The summed E-state index contributed by atoms with van der Waals surface area (Å²) in [7, 11) is 0. The molecular weight excluding hydrogens is 289 g/mol. The van der Waals surface area contributed by atoms with Gasteiger partial charge in [0, 0.05) is 30.4 Å². The van der Waals surface area contributed by atoms with Gasteiger partial charge in [0.25, 0.3) is 0 Å². The van der Waals surface area contributed by atoms with Gasteiger partial charge in [0.15, 0.2) is 0 Å². The van der Waals surface area contributed by atoms with E-state index in [2.05, 4.69) is 10.2 Å². The van der Waals surface area contributed by atoms with Gasteiger partial charge in [-0.25, -0.2) is 4.39 Å². The Kier molecular flexibility index (Phi) is 4.37. The molecule has 4 nitrogen and oxygen atoms in total. The minimum absolute atomic E-state index is 0.142. The number of nitrogens with zero attached hydrogens (tertiary/aromatic N) is 1. The van der Waals surface area contributed by atoms with Crippen molar-refractivity contribution in [3.8, 4) is 0 Å². The average molecular weight is 309 g/mol. The number of morpholine rings is 1. The van der Waals surface area contributed by atoms with Gasteiger partial charge in [-0.1, -0.05) is 12.2 Å². The van der Waals surface area contributed by atoms with Gasteiger partial charge in [-0.3, -0.25) is 4.90 Å². The van der Waals surface area contributed by atoms with Crippen LogP contribution in [0.1, 0.15) is 18.4 Å². The van der Waals surface area contributed by atoms with E-state index in [1.807, 2.05) is 0 Å². The first-order valence-electron chi connectivity index (χ1n) is 7.32. The molecule has 2 fully saturated rings. The zero-order valence-corrected chi connectivity index (χ0v) is 12.7. The molecule has 2 heterocycles. The third-order valence-electron chi connectivity index (χ3n) is 4.23. The lowest BCUT2D eigenvalue weighted by molar-refractivity contribution is -0.0415. The van der Waals surface area contributed by atoms with E-state index in [1.165, 1.54) is 31.5 Å². The number of hydrogen-bond acceptors (Lipinski definition) is 4. The van der Waals surface area contributed by atoms with E-state index < -0.39 is 0 Å². The molecule has 0 spiro atoms. The van der Waals surface area contributed by atoms with Crippen LogP contribution in [-0.4, -0.2) is 48.3 Å². The van der Waals surface area contributed by atoms with Crippen LogP contribution in [0.25, 0.3) is 0 Å². The van der Waals surface area contributed by atoms with Gasteiger partial charge in [-0.2, -0.15) is 0 Å². The van der Waals surface area contributed by atoms with Crippen LogP contribution in [-0.2, 0) is 4.74 Å². The molecule has 6 heteroatoms. The highest BCUT2D eigenvalue weighted by Crippen LogP contribution is 2.23. The normalized spacial score (nSPS) is 25.6. The van der Waals surface area contributed by atoms with Gasteiger partial charge in [0.1, 0.15) is 10.8 Å². The average Bonchev–Trinajstić information content (AvgIpc) is 2.93. The van der Waals surface area contributed by atoms with E-state index in [1.54, 1.807) is 6.07 Å². The van der Waals surface area contributed by atoms with Gasteiger partial charge in [0.05, 0.1) is 12.7 Å². The molecule has 3 N–H and O–H groups in total. The highest BCUT2D eigenvalue weighted by atomic mass is 32.1. The van der Waals surface area contributed by atoms with E-state index >= 15 is 0 Å². The number of hydrogen-bond donors (Lipinski definition) is 2. The molecule has 2 unspecified atom stereocenters. The Labute approximate surface area is 129 Å². The molecule has 114 valence electrons. The van der Waals surface area contributed by atoms with Crippen LogP contribution in [0.4, 0.5) is 10.1 Å². The van der Waals surface area contributed by atoms with Crippen LogP contribution in [0.5, 0.6) is 0 Å². The minimum atomic E-state index is -0.336. The Morgan fingerprint density at radius 1 is 1.52 bits per heavy atom. The van der Waals surface area contributed by atoms with Crippen LogP contribution < -0.4 is 11.1 Å². The molecule has 2 saturated heterocycles. The summed E-state index contributed by atoms with van der Waals surface area (Å²) >= 11 is 4.97. The quantitative estimate of drug-likeness (QED) is 0.830. The van der Waals surface area contributed by atoms with Crippen molar-refractivity contribution in [2.75, 3.05) is 31.6 Å². The molecule has 0 radical (unpaired) electrons. The number of rotatable bonds is 4. The zero-order valence-electron chi connectivity index (χ0n) is 11.8. The molecule has 0 bridgehead atoms. The fourth-order valence-electron chi connectivity index (χ4n) is 3.11. The maximum Gasteiger partial charge on any atom is 0.124 e. The Bertz CT molecular complexity index is 540. The number of ether oxygens (including phenoxy) is 1. The molecular formula is C15H20FN3OS. The number of anilines is 1. The summed E-state index contributed by atoms with van der Waals surface area (Å²) in [6.07, 6.45) is 2.64. The minimum Gasteiger partial charge on any atom is -0.389 e. The van der Waals surface area contributed by atoms with Gasteiger partial charge in [-0.05, 0) is 37.6 Å². The SMILES string of the molecule is NC(=S)c1cc(F)ccc1NCC1CN2CCCC2CO1. The molecule has 0 aliphatic carbocycles. The first kappa shape index (κ1) is 14.7. The molecule has 3 rings (SSSR count). The van der Waals surface area contributed by atoms with Gasteiger partial charge < -0.3 is 15.8 Å². The van der Waals surface area contributed by atoms with E-state index in [9.17, 15) is 4.39 Å². The van der Waals surface area contributed by atoms with Crippen molar-refractivity contribution in [2.24, 2.45) is 5.73 Å². The topological polar surface area (TPSA) is 50.5 Å². The Morgan fingerprint density at radius 2 is 2.38 bits per heavy atom. The second kappa shape index (κ2) is 6.25. The number of fused-ring (bicyclic) bond motifs is 1. The molecule has 0 amide bonds. The maximum atomic E-state index is 13.3. The summed E-state index contributed by atoms with van der Waals surface area (Å²) in [4.78, 5) is 2.69. The van der Waals surface area contributed by atoms with Gasteiger partial charge in [0.2, 0.25) is 0 Å². The summed E-state index contributed by atoms with van der Waals surface area (Å²) < 4.78 is 19.2. The monoisotopic (exact) mass is 309 g/mol. The van der Waals surface area contributed by atoms with E-state index in [0.717, 1.165) is 18.8 Å². The van der Waals surface area contributed by atoms with Crippen molar-refractivity contribution in [1.29, 1.82) is 0 Å². The third-order valence-corrected chi connectivity index (χ3v) is 4.45. The molecule has 21 heavy (non-hydrogen) atoms. The summed E-state index contributed by atoms with van der Waals surface area (Å²) in [6, 6.07) is 5.04. The number of nitrogens with two attached hydrogens (primary N) is 1. The van der Waals surface area contributed by atoms with E-state index in [0.29, 0.717) is 18.2 Å². The lowest BCUT2D eigenvalue weighted by Crippen LogP contribution is -2.48. The first-order valence-corrected chi connectivity index (χ1v) is 7.73. The van der Waals surface area contributed by atoms with Crippen LogP contribution >= 0.6 is 12.2 Å². The largest absolute Gasteiger partial charge is 0.389 e. The van der Waals surface area contributed by atoms with E-state index in [-0.39, 0.29) is 16.9 Å². The molecule has 2 aliphatic rings. The Balaban J connectivity index is 1.61. The molecule has 1 aromatic rings. The summed E-state index contributed by atoms with van der Waals surface area (Å²) in [6.45, 7) is 3.59. The van der Waals surface area contributed by atoms with E-state index in [4.69, 9.17) is 22.7 Å². The summed E-state index contributed by atoms with van der Waals surface area (Å²) in [5, 5.41) is 3.29. The number of nitrogens with one attached hydrogen (secondary N) is 1. The van der Waals surface area contributed by atoms with Crippen LogP contribution in [0.15, 0.2) is 18.2 Å². The fourth-order valence-corrected chi connectivity index (χ4v) is 3.28. The molecule has 2 aliphatic heterocycles. The standard InChI is InChI=1S/C15H20FN3OS/c16-10-3-4-14(13(6-10)15(17)21)18-7-12-8-19-5-1-2-11(19)9-20-12/h3-4,6,11-12,18H,1-2,5,7-9H2,(H2,17,21). The lowest BCUT2D eigenvalue weighted by Gasteiger charge is -2.35. The van der Waals surface area contributed by atoms with Crippen LogP contribution in [0.2, 0.25) is 0 Å². The third kappa shape index (κ3) is 3.33. The second-order valence-electron chi connectivity index (χ2n) is 5.68. The Hall–Kier alpha value is -1.24. The number of halogens is 1. The van der Waals surface area contributed by atoms with Crippen molar-refractivity contribution >= 4 is 22.9 Å². The van der Waals surface area contributed by atoms with Gasteiger partial charge in [-0.15, -0.1) is 0 Å². The Morgan fingerprint density at radius 3 is 3.19 bits per heavy atom. The maximum absolute atomic E-state index is 13.3. The zero-order chi connectivity index (χ0) is 14.8. The predicted octanol–water partition coefficient (Wildman–Crippen LogP) is 1.73. The number of benzene rings is 1. The highest BCUT2D eigenvalue weighted by Gasteiger charge is 2.32. The van der Waals surface area contributed by atoms with Crippen molar-refractivity contribution in [3.05, 3.63) is 29.6 Å². The fraction of sp³-hybridized carbons (Fsp3) is 0.533. The number of thiocarbonyl (C=S) groups is 1. The smallest absolute Gasteiger partial charge is 0.124 e. The molecule has 1 aromatic carbocycles. The van der Waals surface area contributed by atoms with Crippen molar-refractivity contribution in [1.82, 2.24) is 4.90 Å². The highest BCUT2D eigenvalue weighted by molar-refractivity contribution is 7.80. The second-order valence-corrected chi connectivity index (χ2v) is 6.12.